The SMILES string of the molecule is NCc1ccc(-c2nc(CI)co2)cc1. The Bertz CT molecular complexity index is 436. The molecular formula is C11H11IN2O. The van der Waals surface area contributed by atoms with Crippen molar-refractivity contribution in [3.05, 3.63) is 41.8 Å². The molecule has 1 aromatic heterocycles. The lowest BCUT2D eigenvalue weighted by Crippen LogP contribution is -1.95. The first-order valence-corrected chi connectivity index (χ1v) is 6.16. The number of hydrogen-bond donors (Lipinski definition) is 1. The predicted molar refractivity (Wildman–Crippen MR) is 67.6 cm³/mol. The number of benzene rings is 1. The molecule has 0 fully saturated rings. The van der Waals surface area contributed by atoms with Gasteiger partial charge in [0.25, 0.3) is 0 Å². The maximum atomic E-state index is 5.52. The highest BCUT2D eigenvalue weighted by Gasteiger charge is 2.05. The predicted octanol–water partition coefficient (Wildman–Crippen LogP) is 2.74. The van der Waals surface area contributed by atoms with Crippen molar-refractivity contribution >= 4 is 22.6 Å². The number of aromatic nitrogens is 1. The van der Waals surface area contributed by atoms with Crippen LogP contribution >= 0.6 is 22.6 Å². The zero-order chi connectivity index (χ0) is 10.7. The van der Waals surface area contributed by atoms with E-state index in [0.717, 1.165) is 21.2 Å². The normalized spacial score (nSPS) is 10.5. The molecule has 2 N–H and O–H groups in total. The quantitative estimate of drug-likeness (QED) is 0.700. The molecule has 0 unspecified atom stereocenters. The molecule has 0 aliphatic heterocycles. The van der Waals surface area contributed by atoms with E-state index in [4.69, 9.17) is 10.2 Å². The van der Waals surface area contributed by atoms with Crippen LogP contribution in [0, 0.1) is 0 Å². The van der Waals surface area contributed by atoms with Crippen LogP contribution < -0.4 is 5.73 Å². The molecule has 1 heterocycles. The standard InChI is InChI=1S/C11H11IN2O/c12-5-10-7-15-11(14-10)9-3-1-8(6-13)2-4-9/h1-4,7H,5-6,13H2. The van der Waals surface area contributed by atoms with Crippen LogP contribution in [0.15, 0.2) is 34.9 Å². The van der Waals surface area contributed by atoms with E-state index in [0.29, 0.717) is 12.4 Å². The Morgan fingerprint density at radius 1 is 1.27 bits per heavy atom. The molecule has 3 nitrogen and oxygen atoms in total. The highest BCUT2D eigenvalue weighted by molar-refractivity contribution is 14.1. The molecule has 0 aliphatic rings. The van der Waals surface area contributed by atoms with Crippen LogP contribution in [0.25, 0.3) is 11.5 Å². The van der Waals surface area contributed by atoms with Gasteiger partial charge in [0.1, 0.15) is 6.26 Å². The van der Waals surface area contributed by atoms with Crippen LogP contribution in [-0.4, -0.2) is 4.98 Å². The number of halogens is 1. The molecule has 0 aliphatic carbocycles. The van der Waals surface area contributed by atoms with E-state index in [1.807, 2.05) is 24.3 Å². The van der Waals surface area contributed by atoms with Gasteiger partial charge in [-0.05, 0) is 17.7 Å². The number of hydrogen-bond acceptors (Lipinski definition) is 3. The number of rotatable bonds is 3. The average molecular weight is 314 g/mol. The lowest BCUT2D eigenvalue weighted by Gasteiger charge is -1.97. The summed E-state index contributed by atoms with van der Waals surface area (Å²) in [6.07, 6.45) is 1.69. The average Bonchev–Trinajstić information content (AvgIpc) is 2.78. The minimum atomic E-state index is 0.560. The first-order chi connectivity index (χ1) is 7.33. The van der Waals surface area contributed by atoms with Crippen LogP contribution in [0.5, 0.6) is 0 Å². The van der Waals surface area contributed by atoms with Gasteiger partial charge in [-0.1, -0.05) is 34.7 Å². The maximum absolute atomic E-state index is 5.52. The first kappa shape index (κ1) is 10.6. The fourth-order valence-corrected chi connectivity index (χ4v) is 1.63. The Balaban J connectivity index is 2.28. The number of nitrogens with two attached hydrogens (primary N) is 1. The topological polar surface area (TPSA) is 52.0 Å². The van der Waals surface area contributed by atoms with E-state index in [1.54, 1.807) is 6.26 Å². The monoisotopic (exact) mass is 314 g/mol. The summed E-state index contributed by atoms with van der Waals surface area (Å²) in [4.78, 5) is 4.35. The highest BCUT2D eigenvalue weighted by Crippen LogP contribution is 2.19. The van der Waals surface area contributed by atoms with E-state index >= 15 is 0 Å². The number of alkyl halides is 1. The summed E-state index contributed by atoms with van der Waals surface area (Å²) >= 11 is 2.26. The summed E-state index contributed by atoms with van der Waals surface area (Å²) in [5, 5.41) is 0. The molecule has 0 saturated heterocycles. The molecule has 0 saturated carbocycles. The Hall–Kier alpha value is -0.880. The van der Waals surface area contributed by atoms with Crippen LogP contribution in [0.1, 0.15) is 11.3 Å². The van der Waals surface area contributed by atoms with Crippen LogP contribution in [-0.2, 0) is 11.0 Å². The Labute approximate surface area is 102 Å². The van der Waals surface area contributed by atoms with E-state index in [9.17, 15) is 0 Å². The summed E-state index contributed by atoms with van der Waals surface area (Å²) in [6, 6.07) is 7.93. The van der Waals surface area contributed by atoms with E-state index in [-0.39, 0.29) is 0 Å². The van der Waals surface area contributed by atoms with E-state index < -0.39 is 0 Å². The molecule has 2 rings (SSSR count). The molecule has 15 heavy (non-hydrogen) atoms. The summed E-state index contributed by atoms with van der Waals surface area (Å²) in [5.74, 6) is 0.672. The van der Waals surface area contributed by atoms with Gasteiger partial charge in [-0.3, -0.25) is 0 Å². The maximum Gasteiger partial charge on any atom is 0.226 e. The van der Waals surface area contributed by atoms with Crippen molar-refractivity contribution < 1.29 is 4.42 Å². The Kier molecular flexibility index (Phi) is 3.37. The van der Waals surface area contributed by atoms with Crippen molar-refractivity contribution in [3.63, 3.8) is 0 Å². The molecule has 1 aromatic carbocycles. The van der Waals surface area contributed by atoms with Gasteiger partial charge in [-0.15, -0.1) is 0 Å². The molecular weight excluding hydrogens is 303 g/mol. The van der Waals surface area contributed by atoms with Gasteiger partial charge >= 0.3 is 0 Å². The molecule has 0 amide bonds. The van der Waals surface area contributed by atoms with Gasteiger partial charge in [-0.2, -0.15) is 0 Å². The van der Waals surface area contributed by atoms with Crippen molar-refractivity contribution in [1.29, 1.82) is 0 Å². The molecule has 0 atom stereocenters. The number of nitrogens with zero attached hydrogens (tertiary/aromatic N) is 1. The van der Waals surface area contributed by atoms with Gasteiger partial charge in [0, 0.05) is 16.5 Å². The second-order valence-electron chi connectivity index (χ2n) is 3.18. The zero-order valence-electron chi connectivity index (χ0n) is 8.11. The van der Waals surface area contributed by atoms with Gasteiger partial charge < -0.3 is 10.2 Å². The third-order valence-electron chi connectivity index (χ3n) is 2.13. The Morgan fingerprint density at radius 2 is 2.00 bits per heavy atom. The summed E-state index contributed by atoms with van der Waals surface area (Å²) in [6.45, 7) is 0.560. The Morgan fingerprint density at radius 3 is 2.53 bits per heavy atom. The molecule has 0 spiro atoms. The fourth-order valence-electron chi connectivity index (χ4n) is 1.28. The van der Waals surface area contributed by atoms with Gasteiger partial charge in [0.15, 0.2) is 0 Å². The summed E-state index contributed by atoms with van der Waals surface area (Å²) < 4.78 is 6.23. The smallest absolute Gasteiger partial charge is 0.226 e. The third-order valence-corrected chi connectivity index (χ3v) is 2.91. The zero-order valence-corrected chi connectivity index (χ0v) is 10.3. The van der Waals surface area contributed by atoms with Crippen molar-refractivity contribution in [2.24, 2.45) is 5.73 Å². The fraction of sp³-hybridized carbons (Fsp3) is 0.182. The lowest BCUT2D eigenvalue weighted by atomic mass is 10.1. The minimum absolute atomic E-state index is 0.560. The molecule has 78 valence electrons. The van der Waals surface area contributed by atoms with Crippen molar-refractivity contribution in [1.82, 2.24) is 4.98 Å². The second kappa shape index (κ2) is 4.76. The van der Waals surface area contributed by atoms with Gasteiger partial charge in [0.05, 0.1) is 5.69 Å². The second-order valence-corrected chi connectivity index (χ2v) is 3.94. The van der Waals surface area contributed by atoms with E-state index in [2.05, 4.69) is 27.6 Å². The largest absolute Gasteiger partial charge is 0.444 e. The van der Waals surface area contributed by atoms with Gasteiger partial charge in [-0.25, -0.2) is 4.98 Å². The summed E-state index contributed by atoms with van der Waals surface area (Å²) in [5.41, 5.74) is 8.59. The van der Waals surface area contributed by atoms with Crippen molar-refractivity contribution in [3.8, 4) is 11.5 Å². The number of oxazole rings is 1. The van der Waals surface area contributed by atoms with E-state index in [1.165, 1.54) is 0 Å². The lowest BCUT2D eigenvalue weighted by molar-refractivity contribution is 0.573. The van der Waals surface area contributed by atoms with Crippen molar-refractivity contribution in [2.45, 2.75) is 11.0 Å². The molecule has 4 heteroatoms. The van der Waals surface area contributed by atoms with Gasteiger partial charge in [0.2, 0.25) is 5.89 Å². The molecule has 0 radical (unpaired) electrons. The molecule has 2 aromatic rings. The highest BCUT2D eigenvalue weighted by atomic mass is 127. The summed E-state index contributed by atoms with van der Waals surface area (Å²) in [7, 11) is 0. The van der Waals surface area contributed by atoms with Crippen LogP contribution in [0.3, 0.4) is 0 Å². The third kappa shape index (κ3) is 2.38. The minimum Gasteiger partial charge on any atom is -0.444 e. The van der Waals surface area contributed by atoms with Crippen molar-refractivity contribution in [2.75, 3.05) is 0 Å². The molecule has 0 bridgehead atoms. The van der Waals surface area contributed by atoms with Crippen LogP contribution in [0.4, 0.5) is 0 Å². The first-order valence-electron chi connectivity index (χ1n) is 4.63. The van der Waals surface area contributed by atoms with Crippen LogP contribution in [0.2, 0.25) is 0 Å².